The highest BCUT2D eigenvalue weighted by Crippen LogP contribution is 2.42. The number of para-hydroxylation sites is 1. The van der Waals surface area contributed by atoms with Crippen LogP contribution in [0.15, 0.2) is 83.4 Å². The first-order chi connectivity index (χ1) is 16.9. The van der Waals surface area contributed by atoms with E-state index in [0.717, 1.165) is 17.5 Å². The number of benzene rings is 3. The number of nitriles is 1. The molecule has 1 heterocycles. The molecule has 1 atom stereocenters. The second-order valence-electron chi connectivity index (χ2n) is 7.85. The Labute approximate surface area is 218 Å². The zero-order valence-corrected chi connectivity index (χ0v) is 21.1. The van der Waals surface area contributed by atoms with Gasteiger partial charge in [0.05, 0.1) is 5.25 Å². The van der Waals surface area contributed by atoms with E-state index in [-0.39, 0.29) is 16.5 Å². The van der Waals surface area contributed by atoms with Crippen molar-refractivity contribution in [1.82, 2.24) is 0 Å². The number of amides is 2. The summed E-state index contributed by atoms with van der Waals surface area (Å²) in [7, 11) is 0. The maximum absolute atomic E-state index is 13.5. The number of nitrogens with one attached hydrogen (secondary N) is 1. The van der Waals surface area contributed by atoms with Crippen molar-refractivity contribution >= 4 is 58.2 Å². The van der Waals surface area contributed by atoms with Crippen molar-refractivity contribution in [1.29, 1.82) is 5.26 Å². The predicted molar refractivity (Wildman–Crippen MR) is 143 cm³/mol. The van der Waals surface area contributed by atoms with E-state index in [9.17, 15) is 14.9 Å². The average Bonchev–Trinajstić information content (AvgIpc) is 3.18. The summed E-state index contributed by atoms with van der Waals surface area (Å²) in [5, 5.41) is 13.5. The maximum atomic E-state index is 13.5. The van der Waals surface area contributed by atoms with E-state index >= 15 is 0 Å². The second-order valence-corrected chi connectivity index (χ2v) is 9.89. The summed E-state index contributed by atoms with van der Waals surface area (Å²) in [6, 6.07) is 23.5. The van der Waals surface area contributed by atoms with Crippen molar-refractivity contribution in [2.24, 2.45) is 0 Å². The summed E-state index contributed by atoms with van der Waals surface area (Å²) in [5.74, 6) is -0.811. The molecule has 5 nitrogen and oxygen atoms in total. The molecule has 1 saturated heterocycles. The summed E-state index contributed by atoms with van der Waals surface area (Å²) in [4.78, 5) is 28.1. The highest BCUT2D eigenvalue weighted by Gasteiger charge is 2.41. The minimum atomic E-state index is -0.582. The van der Waals surface area contributed by atoms with Gasteiger partial charge < -0.3 is 5.32 Å². The Balaban J connectivity index is 1.70. The first kappa shape index (κ1) is 24.9. The highest BCUT2D eigenvalue weighted by molar-refractivity contribution is 8.05. The van der Waals surface area contributed by atoms with Gasteiger partial charge >= 0.3 is 0 Å². The Morgan fingerprint density at radius 3 is 2.46 bits per heavy atom. The van der Waals surface area contributed by atoms with Gasteiger partial charge in [-0.05, 0) is 66.4 Å². The zero-order valence-electron chi connectivity index (χ0n) is 18.8. The number of anilines is 2. The van der Waals surface area contributed by atoms with E-state index in [0.29, 0.717) is 27.8 Å². The smallest absolute Gasteiger partial charge is 0.269 e. The third-order valence-electron chi connectivity index (χ3n) is 5.55. The van der Waals surface area contributed by atoms with Gasteiger partial charge in [-0.25, -0.2) is 0 Å². The molecule has 1 N–H and O–H groups in total. The Morgan fingerprint density at radius 2 is 1.80 bits per heavy atom. The average molecular weight is 522 g/mol. The van der Waals surface area contributed by atoms with Crippen LogP contribution in [0.2, 0.25) is 10.0 Å². The Hall–Kier alpha value is -3.24. The molecule has 0 bridgehead atoms. The summed E-state index contributed by atoms with van der Waals surface area (Å²) in [6.07, 6.45) is 1.18. The van der Waals surface area contributed by atoms with E-state index in [1.54, 1.807) is 54.6 Å². The lowest BCUT2D eigenvalue weighted by atomic mass is 10.1. The Morgan fingerprint density at radius 1 is 1.09 bits per heavy atom. The van der Waals surface area contributed by atoms with Crippen LogP contribution in [-0.4, -0.2) is 17.1 Å². The molecule has 0 aromatic heterocycles. The number of hydrogen-bond acceptors (Lipinski definition) is 4. The third kappa shape index (κ3) is 5.54. The Bertz CT molecular complexity index is 1330. The minimum Gasteiger partial charge on any atom is -0.321 e. The molecule has 2 amide bonds. The summed E-state index contributed by atoms with van der Waals surface area (Å²) in [5.41, 5.74) is 2.87. The van der Waals surface area contributed by atoms with Crippen LogP contribution >= 0.6 is 35.0 Å². The number of carbonyl (C=O) groups excluding carboxylic acids is 2. The van der Waals surface area contributed by atoms with Crippen LogP contribution < -0.4 is 10.2 Å². The van der Waals surface area contributed by atoms with Crippen molar-refractivity contribution in [3.05, 3.63) is 105 Å². The van der Waals surface area contributed by atoms with E-state index in [1.165, 1.54) is 16.7 Å². The van der Waals surface area contributed by atoms with E-state index in [4.69, 9.17) is 23.2 Å². The molecule has 0 aliphatic carbocycles. The van der Waals surface area contributed by atoms with Crippen LogP contribution in [0.25, 0.3) is 0 Å². The maximum Gasteiger partial charge on any atom is 0.269 e. The zero-order chi connectivity index (χ0) is 24.9. The summed E-state index contributed by atoms with van der Waals surface area (Å²) in [6.45, 7) is 2.05. The van der Waals surface area contributed by atoms with Crippen LogP contribution in [-0.2, 0) is 22.4 Å². The molecule has 3 aromatic rings. The highest BCUT2D eigenvalue weighted by atomic mass is 35.5. The fraction of sp³-hybridized carbons (Fsp3) is 0.148. The Kier molecular flexibility index (Phi) is 7.82. The molecular formula is C27H21Cl2N3O2S. The van der Waals surface area contributed by atoms with Crippen molar-refractivity contribution in [2.75, 3.05) is 10.2 Å². The third-order valence-corrected chi connectivity index (χ3v) is 7.42. The summed E-state index contributed by atoms with van der Waals surface area (Å²) < 4.78 is 0. The molecule has 1 unspecified atom stereocenters. The number of nitrogens with zero attached hydrogens (tertiary/aromatic N) is 2. The fourth-order valence-corrected chi connectivity index (χ4v) is 5.40. The van der Waals surface area contributed by atoms with Crippen LogP contribution in [0.4, 0.5) is 11.4 Å². The molecule has 1 aliphatic heterocycles. The monoisotopic (exact) mass is 521 g/mol. The lowest BCUT2D eigenvalue weighted by Crippen LogP contribution is -2.30. The van der Waals surface area contributed by atoms with Crippen molar-refractivity contribution in [2.45, 2.75) is 25.0 Å². The van der Waals surface area contributed by atoms with Gasteiger partial charge in [-0.15, -0.1) is 0 Å². The number of hydrogen-bond donors (Lipinski definition) is 1. The van der Waals surface area contributed by atoms with Crippen LogP contribution in [0.5, 0.6) is 0 Å². The largest absolute Gasteiger partial charge is 0.321 e. The van der Waals surface area contributed by atoms with Crippen molar-refractivity contribution in [3.8, 4) is 6.07 Å². The van der Waals surface area contributed by atoms with Gasteiger partial charge in [0.2, 0.25) is 5.91 Å². The molecule has 176 valence electrons. The van der Waals surface area contributed by atoms with Gasteiger partial charge in [-0.2, -0.15) is 5.26 Å². The van der Waals surface area contributed by atoms with E-state index in [2.05, 4.69) is 5.32 Å². The van der Waals surface area contributed by atoms with Gasteiger partial charge in [0.1, 0.15) is 16.7 Å². The quantitative estimate of drug-likeness (QED) is 0.292. The lowest BCUT2D eigenvalue weighted by Gasteiger charge is -2.18. The molecule has 0 radical (unpaired) electrons. The molecule has 0 spiro atoms. The van der Waals surface area contributed by atoms with Crippen LogP contribution in [0.3, 0.4) is 0 Å². The van der Waals surface area contributed by atoms with Gasteiger partial charge in [0, 0.05) is 21.4 Å². The first-order valence-electron chi connectivity index (χ1n) is 11.0. The number of rotatable bonds is 6. The van der Waals surface area contributed by atoms with Gasteiger partial charge in [-0.3, -0.25) is 14.5 Å². The molecule has 3 aromatic carbocycles. The minimum absolute atomic E-state index is 0.133. The standard InChI is InChI=1S/C27H21Cl2N3O2S/c1-2-17-8-11-20(12-9-17)31-25(33)22(16-30)27-32(21-6-4-3-5-7-21)26(34)24(35-27)15-18-14-19(28)10-13-23(18)29/h3-14,24H,2,15H2,1H3,(H,31,33). The first-order valence-corrected chi connectivity index (χ1v) is 12.6. The van der Waals surface area contributed by atoms with Gasteiger partial charge in [-0.1, -0.05) is 72.2 Å². The molecule has 8 heteroatoms. The number of aryl methyl sites for hydroxylation is 1. The van der Waals surface area contributed by atoms with Gasteiger partial charge in [0.15, 0.2) is 0 Å². The van der Waals surface area contributed by atoms with E-state index in [1.807, 2.05) is 31.2 Å². The van der Waals surface area contributed by atoms with Crippen LogP contribution in [0.1, 0.15) is 18.1 Å². The number of thioether (sulfide) groups is 1. The fourth-order valence-electron chi connectivity index (χ4n) is 3.72. The lowest BCUT2D eigenvalue weighted by molar-refractivity contribution is -0.117. The topological polar surface area (TPSA) is 73.2 Å². The van der Waals surface area contributed by atoms with Crippen LogP contribution in [0, 0.1) is 11.3 Å². The molecule has 0 saturated carbocycles. The molecule has 4 rings (SSSR count). The summed E-state index contributed by atoms with van der Waals surface area (Å²) >= 11 is 13.7. The predicted octanol–water partition coefficient (Wildman–Crippen LogP) is 6.62. The molecule has 1 fully saturated rings. The number of carbonyl (C=O) groups is 2. The van der Waals surface area contributed by atoms with Gasteiger partial charge in [0.25, 0.3) is 5.91 Å². The van der Waals surface area contributed by atoms with Crippen molar-refractivity contribution < 1.29 is 9.59 Å². The SMILES string of the molecule is CCc1ccc(NC(=O)C(C#N)=C2SC(Cc3cc(Cl)ccc3Cl)C(=O)N2c2ccccc2)cc1. The molecule has 35 heavy (non-hydrogen) atoms. The molecule has 1 aliphatic rings. The van der Waals surface area contributed by atoms with Crippen molar-refractivity contribution in [3.63, 3.8) is 0 Å². The number of halogens is 2. The molecular weight excluding hydrogens is 501 g/mol. The van der Waals surface area contributed by atoms with E-state index < -0.39 is 11.2 Å². The second kappa shape index (κ2) is 11.0. The normalized spacial score (nSPS) is 16.7.